The number of carbonyl (C=O) groups excluding carboxylic acids is 1. The van der Waals surface area contributed by atoms with Gasteiger partial charge in [0.05, 0.1) is 0 Å². The van der Waals surface area contributed by atoms with Crippen molar-refractivity contribution >= 4 is 5.91 Å². The van der Waals surface area contributed by atoms with Crippen molar-refractivity contribution in [3.63, 3.8) is 0 Å². The number of aromatic nitrogens is 3. The molecular formula is C10H16N4O2. The SMILES string of the molecule is O=C(Cn1cncn1)NCC1(CCO)CC1. The minimum atomic E-state index is -0.0604. The largest absolute Gasteiger partial charge is 0.396 e. The number of nitrogens with zero attached hydrogens (tertiary/aromatic N) is 3. The molecule has 1 aromatic rings. The standard InChI is InChI=1S/C10H16N4O2/c15-4-3-10(1-2-10)6-12-9(16)5-14-8-11-7-13-14/h7-8,15H,1-6H2,(H,12,16). The van der Waals surface area contributed by atoms with E-state index < -0.39 is 0 Å². The lowest BCUT2D eigenvalue weighted by molar-refractivity contribution is -0.122. The summed E-state index contributed by atoms with van der Waals surface area (Å²) in [5, 5.41) is 15.6. The van der Waals surface area contributed by atoms with E-state index in [9.17, 15) is 4.79 Å². The normalized spacial score (nSPS) is 17.1. The lowest BCUT2D eigenvalue weighted by Crippen LogP contribution is -2.33. The Morgan fingerprint density at radius 2 is 2.38 bits per heavy atom. The van der Waals surface area contributed by atoms with Gasteiger partial charge in [0, 0.05) is 13.2 Å². The molecule has 16 heavy (non-hydrogen) atoms. The van der Waals surface area contributed by atoms with Crippen molar-refractivity contribution < 1.29 is 9.90 Å². The molecule has 1 aliphatic rings. The van der Waals surface area contributed by atoms with Crippen LogP contribution in [0.25, 0.3) is 0 Å². The summed E-state index contributed by atoms with van der Waals surface area (Å²) in [5.41, 5.74) is 0.160. The van der Waals surface area contributed by atoms with Crippen LogP contribution in [0, 0.1) is 5.41 Å². The first kappa shape index (κ1) is 11.1. The van der Waals surface area contributed by atoms with Gasteiger partial charge in [0.15, 0.2) is 0 Å². The van der Waals surface area contributed by atoms with E-state index in [4.69, 9.17) is 5.11 Å². The van der Waals surface area contributed by atoms with Gasteiger partial charge in [-0.3, -0.25) is 4.79 Å². The van der Waals surface area contributed by atoms with Crippen molar-refractivity contribution in [3.8, 4) is 0 Å². The van der Waals surface area contributed by atoms with Crippen LogP contribution in [0.3, 0.4) is 0 Å². The minimum absolute atomic E-state index is 0.0604. The fourth-order valence-electron chi connectivity index (χ4n) is 1.73. The Hall–Kier alpha value is -1.43. The number of amides is 1. The Morgan fingerprint density at radius 1 is 1.56 bits per heavy atom. The molecule has 6 nitrogen and oxygen atoms in total. The second-order valence-corrected chi connectivity index (χ2v) is 4.34. The lowest BCUT2D eigenvalue weighted by atomic mass is 10.0. The Balaban J connectivity index is 1.72. The van der Waals surface area contributed by atoms with Gasteiger partial charge in [-0.15, -0.1) is 0 Å². The van der Waals surface area contributed by atoms with Gasteiger partial charge in [-0.05, 0) is 24.7 Å². The van der Waals surface area contributed by atoms with Gasteiger partial charge in [0.25, 0.3) is 0 Å². The summed E-state index contributed by atoms with van der Waals surface area (Å²) >= 11 is 0. The molecule has 88 valence electrons. The highest BCUT2D eigenvalue weighted by atomic mass is 16.3. The van der Waals surface area contributed by atoms with E-state index in [0.717, 1.165) is 19.3 Å². The topological polar surface area (TPSA) is 80.0 Å². The highest BCUT2D eigenvalue weighted by Gasteiger charge is 2.41. The van der Waals surface area contributed by atoms with Crippen LogP contribution in [0.1, 0.15) is 19.3 Å². The summed E-state index contributed by atoms with van der Waals surface area (Å²) in [6.07, 6.45) is 5.88. The van der Waals surface area contributed by atoms with Crippen molar-refractivity contribution in [1.82, 2.24) is 20.1 Å². The Bertz CT molecular complexity index is 346. The molecule has 0 radical (unpaired) electrons. The Morgan fingerprint density at radius 3 is 2.94 bits per heavy atom. The molecule has 0 atom stereocenters. The maximum absolute atomic E-state index is 11.5. The second kappa shape index (κ2) is 4.61. The first-order valence-electron chi connectivity index (χ1n) is 5.44. The first-order valence-corrected chi connectivity index (χ1v) is 5.44. The molecule has 0 saturated heterocycles. The maximum Gasteiger partial charge on any atom is 0.241 e. The third-order valence-corrected chi connectivity index (χ3v) is 3.03. The van der Waals surface area contributed by atoms with E-state index in [-0.39, 0.29) is 24.5 Å². The van der Waals surface area contributed by atoms with Crippen molar-refractivity contribution in [2.75, 3.05) is 13.2 Å². The van der Waals surface area contributed by atoms with Gasteiger partial charge in [-0.1, -0.05) is 0 Å². The summed E-state index contributed by atoms with van der Waals surface area (Å²) in [6, 6.07) is 0. The molecule has 1 aliphatic carbocycles. The predicted molar refractivity (Wildman–Crippen MR) is 56.4 cm³/mol. The van der Waals surface area contributed by atoms with Crippen LogP contribution in [-0.4, -0.2) is 38.9 Å². The van der Waals surface area contributed by atoms with Gasteiger partial charge in [-0.2, -0.15) is 5.10 Å². The molecular weight excluding hydrogens is 208 g/mol. The van der Waals surface area contributed by atoms with Gasteiger partial charge < -0.3 is 10.4 Å². The molecule has 0 unspecified atom stereocenters. The fourth-order valence-corrected chi connectivity index (χ4v) is 1.73. The molecule has 2 rings (SSSR count). The molecule has 6 heteroatoms. The monoisotopic (exact) mass is 224 g/mol. The van der Waals surface area contributed by atoms with Crippen LogP contribution in [-0.2, 0) is 11.3 Å². The first-order chi connectivity index (χ1) is 7.74. The van der Waals surface area contributed by atoms with E-state index in [0.29, 0.717) is 6.54 Å². The zero-order valence-electron chi connectivity index (χ0n) is 9.09. The van der Waals surface area contributed by atoms with Crippen LogP contribution in [0.5, 0.6) is 0 Å². The number of hydrogen-bond acceptors (Lipinski definition) is 4. The van der Waals surface area contributed by atoms with E-state index in [1.807, 2.05) is 0 Å². The van der Waals surface area contributed by atoms with Crippen LogP contribution in [0.4, 0.5) is 0 Å². The second-order valence-electron chi connectivity index (χ2n) is 4.34. The van der Waals surface area contributed by atoms with Crippen LogP contribution in [0.15, 0.2) is 12.7 Å². The molecule has 1 saturated carbocycles. The Labute approximate surface area is 93.7 Å². The van der Waals surface area contributed by atoms with Gasteiger partial charge in [0.1, 0.15) is 19.2 Å². The third kappa shape index (κ3) is 2.79. The van der Waals surface area contributed by atoms with E-state index in [1.54, 1.807) is 0 Å². The van der Waals surface area contributed by atoms with Gasteiger partial charge in [0.2, 0.25) is 5.91 Å². The maximum atomic E-state index is 11.5. The molecule has 1 aromatic heterocycles. The number of nitrogens with one attached hydrogen (secondary N) is 1. The van der Waals surface area contributed by atoms with E-state index in [1.165, 1.54) is 17.3 Å². The number of rotatable bonds is 6. The minimum Gasteiger partial charge on any atom is -0.396 e. The van der Waals surface area contributed by atoms with Crippen LogP contribution < -0.4 is 5.32 Å². The van der Waals surface area contributed by atoms with Crippen molar-refractivity contribution in [1.29, 1.82) is 0 Å². The molecule has 2 N–H and O–H groups in total. The summed E-state index contributed by atoms with van der Waals surface area (Å²) in [5.74, 6) is -0.0604. The van der Waals surface area contributed by atoms with Crippen molar-refractivity contribution in [2.45, 2.75) is 25.8 Å². The quantitative estimate of drug-likeness (QED) is 0.686. The average Bonchev–Trinajstić information content (AvgIpc) is 2.83. The molecule has 0 aliphatic heterocycles. The molecule has 0 aromatic carbocycles. The van der Waals surface area contributed by atoms with E-state index >= 15 is 0 Å². The molecule has 1 amide bonds. The lowest BCUT2D eigenvalue weighted by Gasteiger charge is -2.14. The zero-order valence-corrected chi connectivity index (χ0v) is 9.09. The van der Waals surface area contributed by atoms with Crippen molar-refractivity contribution in [3.05, 3.63) is 12.7 Å². The number of aliphatic hydroxyl groups excluding tert-OH is 1. The predicted octanol–water partition coefficient (Wildman–Crippen LogP) is -0.443. The van der Waals surface area contributed by atoms with Crippen molar-refractivity contribution in [2.24, 2.45) is 5.41 Å². The fraction of sp³-hybridized carbons (Fsp3) is 0.700. The zero-order chi connectivity index (χ0) is 11.4. The van der Waals surface area contributed by atoms with Crippen LogP contribution in [0.2, 0.25) is 0 Å². The third-order valence-electron chi connectivity index (χ3n) is 3.03. The molecule has 1 fully saturated rings. The number of hydrogen-bond donors (Lipinski definition) is 2. The summed E-state index contributed by atoms with van der Waals surface area (Å²) in [4.78, 5) is 15.3. The highest BCUT2D eigenvalue weighted by Crippen LogP contribution is 2.47. The summed E-state index contributed by atoms with van der Waals surface area (Å²) < 4.78 is 1.49. The summed E-state index contributed by atoms with van der Waals surface area (Å²) in [7, 11) is 0. The van der Waals surface area contributed by atoms with Crippen LogP contribution >= 0.6 is 0 Å². The van der Waals surface area contributed by atoms with Gasteiger partial charge >= 0.3 is 0 Å². The highest BCUT2D eigenvalue weighted by molar-refractivity contribution is 5.75. The number of aliphatic hydroxyl groups is 1. The molecule has 0 spiro atoms. The van der Waals surface area contributed by atoms with Gasteiger partial charge in [-0.25, -0.2) is 9.67 Å². The Kier molecular flexibility index (Phi) is 3.19. The average molecular weight is 224 g/mol. The van der Waals surface area contributed by atoms with E-state index in [2.05, 4.69) is 15.4 Å². The smallest absolute Gasteiger partial charge is 0.241 e. The number of carbonyl (C=O) groups is 1. The molecule has 1 heterocycles. The molecule has 0 bridgehead atoms. The summed E-state index contributed by atoms with van der Waals surface area (Å²) in [6.45, 7) is 1.05.